The largest absolute Gasteiger partial charge is 0.375 e. The van der Waals surface area contributed by atoms with Crippen LogP contribution in [0.4, 0.5) is 0 Å². The molecular formula is C12H24N2O2S. The molecule has 100 valence electrons. The summed E-state index contributed by atoms with van der Waals surface area (Å²) in [6.45, 7) is 10.6. The lowest BCUT2D eigenvalue weighted by Gasteiger charge is -2.29. The maximum atomic E-state index is 11.9. The van der Waals surface area contributed by atoms with Gasteiger partial charge < -0.3 is 15.4 Å². The van der Waals surface area contributed by atoms with Crippen LogP contribution in [0.5, 0.6) is 0 Å². The Bertz CT molecular complexity index is 253. The predicted octanol–water partition coefficient (Wildman–Crippen LogP) is 1.01. The molecule has 17 heavy (non-hydrogen) atoms. The molecule has 0 aliphatic carbocycles. The lowest BCUT2D eigenvalue weighted by molar-refractivity contribution is -0.128. The van der Waals surface area contributed by atoms with E-state index in [1.165, 1.54) is 0 Å². The quantitative estimate of drug-likeness (QED) is 0.741. The van der Waals surface area contributed by atoms with Crippen molar-refractivity contribution in [2.24, 2.45) is 0 Å². The fourth-order valence-corrected chi connectivity index (χ4v) is 2.49. The summed E-state index contributed by atoms with van der Waals surface area (Å²) in [5, 5.41) is 6.14. The Labute approximate surface area is 108 Å². The van der Waals surface area contributed by atoms with Gasteiger partial charge in [0, 0.05) is 23.6 Å². The number of carbonyl (C=O) groups is 1. The molecule has 2 N–H and O–H groups in total. The zero-order valence-electron chi connectivity index (χ0n) is 11.2. The molecule has 2 atom stereocenters. The second kappa shape index (κ2) is 6.61. The van der Waals surface area contributed by atoms with Crippen LogP contribution in [0.2, 0.25) is 0 Å². The zero-order chi connectivity index (χ0) is 12.9. The van der Waals surface area contributed by atoms with Crippen molar-refractivity contribution in [3.8, 4) is 0 Å². The van der Waals surface area contributed by atoms with Gasteiger partial charge in [0.1, 0.15) is 6.04 Å². The van der Waals surface area contributed by atoms with E-state index >= 15 is 0 Å². The van der Waals surface area contributed by atoms with Crippen LogP contribution in [0.1, 0.15) is 27.7 Å². The predicted molar refractivity (Wildman–Crippen MR) is 72.4 cm³/mol. The first-order chi connectivity index (χ1) is 7.90. The van der Waals surface area contributed by atoms with Gasteiger partial charge in [-0.25, -0.2) is 0 Å². The van der Waals surface area contributed by atoms with Crippen LogP contribution in [0.15, 0.2) is 0 Å². The van der Waals surface area contributed by atoms with Crippen LogP contribution in [-0.2, 0) is 9.53 Å². The van der Waals surface area contributed by atoms with Gasteiger partial charge in [-0.15, -0.1) is 0 Å². The van der Waals surface area contributed by atoms with Gasteiger partial charge in [-0.05, 0) is 6.92 Å². The zero-order valence-corrected chi connectivity index (χ0v) is 12.0. The standard InChI is InChI=1S/C12H24N2O2S/c1-9-10(13-5-7-16-9)11(15)14-6-8-17-12(2,3)4/h9-10,13H,5-8H2,1-4H3,(H,14,15)/t9-,10+/m1/s1. The Kier molecular flexibility index (Phi) is 5.76. The highest BCUT2D eigenvalue weighted by molar-refractivity contribution is 8.00. The van der Waals surface area contributed by atoms with E-state index in [0.717, 1.165) is 12.3 Å². The summed E-state index contributed by atoms with van der Waals surface area (Å²) in [6.07, 6.45) is -0.0426. The third kappa shape index (κ3) is 5.75. The topological polar surface area (TPSA) is 50.4 Å². The summed E-state index contributed by atoms with van der Waals surface area (Å²) in [4.78, 5) is 11.9. The molecule has 1 aliphatic rings. The minimum absolute atomic E-state index is 0.0426. The molecule has 0 bridgehead atoms. The number of amides is 1. The van der Waals surface area contributed by atoms with Crippen molar-refractivity contribution in [1.29, 1.82) is 0 Å². The normalized spacial score (nSPS) is 25.6. The van der Waals surface area contributed by atoms with Gasteiger partial charge in [0.2, 0.25) is 5.91 Å². The van der Waals surface area contributed by atoms with E-state index in [1.807, 2.05) is 18.7 Å². The summed E-state index contributed by atoms with van der Waals surface area (Å²) in [5.41, 5.74) is 0. The van der Waals surface area contributed by atoms with E-state index in [2.05, 4.69) is 31.4 Å². The summed E-state index contributed by atoms with van der Waals surface area (Å²) >= 11 is 1.86. The second-order valence-electron chi connectivity index (χ2n) is 5.26. The van der Waals surface area contributed by atoms with Gasteiger partial charge in [0.25, 0.3) is 0 Å². The van der Waals surface area contributed by atoms with Gasteiger partial charge >= 0.3 is 0 Å². The first-order valence-corrected chi connectivity index (χ1v) is 7.15. The van der Waals surface area contributed by atoms with E-state index in [1.54, 1.807) is 0 Å². The summed E-state index contributed by atoms with van der Waals surface area (Å²) in [6, 6.07) is -0.205. The second-order valence-corrected chi connectivity index (χ2v) is 7.18. The van der Waals surface area contributed by atoms with Gasteiger partial charge in [-0.3, -0.25) is 4.79 Å². The van der Waals surface area contributed by atoms with Gasteiger partial charge in [-0.1, -0.05) is 20.8 Å². The van der Waals surface area contributed by atoms with Crippen molar-refractivity contribution in [1.82, 2.24) is 10.6 Å². The summed E-state index contributed by atoms with van der Waals surface area (Å²) < 4.78 is 5.70. The maximum absolute atomic E-state index is 11.9. The molecule has 1 amide bonds. The fraction of sp³-hybridized carbons (Fsp3) is 0.917. The number of morpholine rings is 1. The third-order valence-corrected chi connectivity index (χ3v) is 3.81. The van der Waals surface area contributed by atoms with Crippen molar-refractivity contribution >= 4 is 17.7 Å². The Morgan fingerprint density at radius 3 is 2.82 bits per heavy atom. The minimum Gasteiger partial charge on any atom is -0.375 e. The molecule has 1 heterocycles. The number of carbonyl (C=O) groups excluding carboxylic acids is 1. The molecule has 5 heteroatoms. The van der Waals surface area contributed by atoms with Crippen molar-refractivity contribution < 1.29 is 9.53 Å². The number of nitrogens with one attached hydrogen (secondary N) is 2. The molecule has 1 rings (SSSR count). The molecule has 1 fully saturated rings. The molecule has 0 saturated carbocycles. The molecule has 4 nitrogen and oxygen atoms in total. The van der Waals surface area contributed by atoms with Gasteiger partial charge in [0.05, 0.1) is 12.7 Å². The molecule has 1 aliphatic heterocycles. The van der Waals surface area contributed by atoms with Crippen LogP contribution in [0.3, 0.4) is 0 Å². The maximum Gasteiger partial charge on any atom is 0.239 e. The van der Waals surface area contributed by atoms with Gasteiger partial charge in [-0.2, -0.15) is 11.8 Å². The lowest BCUT2D eigenvalue weighted by atomic mass is 10.1. The Balaban J connectivity index is 2.20. The minimum atomic E-state index is -0.205. The molecule has 1 saturated heterocycles. The molecule has 0 unspecified atom stereocenters. The number of thioether (sulfide) groups is 1. The smallest absolute Gasteiger partial charge is 0.239 e. The first-order valence-electron chi connectivity index (χ1n) is 6.17. The molecular weight excluding hydrogens is 236 g/mol. The first kappa shape index (κ1) is 14.8. The summed E-state index contributed by atoms with van der Waals surface area (Å²) in [7, 11) is 0. The summed E-state index contributed by atoms with van der Waals surface area (Å²) in [5.74, 6) is 0.990. The van der Waals surface area contributed by atoms with E-state index in [-0.39, 0.29) is 22.8 Å². The van der Waals surface area contributed by atoms with E-state index < -0.39 is 0 Å². The number of rotatable bonds is 4. The molecule has 0 spiro atoms. The monoisotopic (exact) mass is 260 g/mol. The lowest BCUT2D eigenvalue weighted by Crippen LogP contribution is -2.55. The highest BCUT2D eigenvalue weighted by atomic mass is 32.2. The number of hydrogen-bond donors (Lipinski definition) is 2. The van der Waals surface area contributed by atoms with Crippen molar-refractivity contribution in [3.05, 3.63) is 0 Å². The van der Waals surface area contributed by atoms with Crippen molar-refractivity contribution in [2.75, 3.05) is 25.4 Å². The van der Waals surface area contributed by atoms with Crippen LogP contribution >= 0.6 is 11.8 Å². The Morgan fingerprint density at radius 2 is 2.24 bits per heavy atom. The highest BCUT2D eigenvalue weighted by Gasteiger charge is 2.27. The molecule has 0 radical (unpaired) electrons. The van der Waals surface area contributed by atoms with E-state index in [9.17, 15) is 4.79 Å². The number of hydrogen-bond acceptors (Lipinski definition) is 4. The third-order valence-electron chi connectivity index (χ3n) is 2.54. The van der Waals surface area contributed by atoms with E-state index in [0.29, 0.717) is 13.2 Å². The Hall–Kier alpha value is -0.260. The Morgan fingerprint density at radius 1 is 1.53 bits per heavy atom. The molecule has 0 aromatic rings. The van der Waals surface area contributed by atoms with Gasteiger partial charge in [0.15, 0.2) is 0 Å². The number of ether oxygens (including phenoxy) is 1. The average Bonchev–Trinajstić information content (AvgIpc) is 2.23. The van der Waals surface area contributed by atoms with E-state index in [4.69, 9.17) is 4.74 Å². The fourth-order valence-electron chi connectivity index (χ4n) is 1.67. The van der Waals surface area contributed by atoms with Crippen LogP contribution < -0.4 is 10.6 Å². The molecule has 0 aromatic heterocycles. The molecule has 0 aromatic carbocycles. The van der Waals surface area contributed by atoms with Crippen molar-refractivity contribution in [2.45, 2.75) is 44.6 Å². The highest BCUT2D eigenvalue weighted by Crippen LogP contribution is 2.22. The van der Waals surface area contributed by atoms with Crippen LogP contribution in [0, 0.1) is 0 Å². The SMILES string of the molecule is C[C@H]1OCCN[C@@H]1C(=O)NCCSC(C)(C)C. The van der Waals surface area contributed by atoms with Crippen LogP contribution in [-0.4, -0.2) is 48.2 Å². The van der Waals surface area contributed by atoms with Crippen molar-refractivity contribution in [3.63, 3.8) is 0 Å². The van der Waals surface area contributed by atoms with Crippen LogP contribution in [0.25, 0.3) is 0 Å². The average molecular weight is 260 g/mol.